The second-order valence-electron chi connectivity index (χ2n) is 5.62. The minimum atomic E-state index is -4.46. The number of nitrogens with zero attached hydrogens (tertiary/aromatic N) is 1. The Morgan fingerprint density at radius 3 is 2.21 bits per heavy atom. The predicted molar refractivity (Wildman–Crippen MR) is 61.4 cm³/mol. The summed E-state index contributed by atoms with van der Waals surface area (Å²) in [5.41, 5.74) is -2.11. The third-order valence-corrected chi connectivity index (χ3v) is 3.75. The van der Waals surface area contributed by atoms with Crippen molar-refractivity contribution in [3.05, 3.63) is 0 Å². The van der Waals surface area contributed by atoms with E-state index < -0.39 is 41.8 Å². The standard InChI is InChI=1S/C12H18F3NO3/c1-7-8(10(18)19)4-5-16(7)9(17)6-11(2,3)12(13,14)15/h7-8H,4-6H2,1-3H3,(H,18,19). The Balaban J connectivity index is 2.73. The molecule has 0 aromatic rings. The van der Waals surface area contributed by atoms with Crippen LogP contribution in [-0.4, -0.2) is 40.6 Å². The molecule has 0 radical (unpaired) electrons. The molecule has 1 aliphatic rings. The number of likely N-dealkylation sites (tertiary alicyclic amines) is 1. The monoisotopic (exact) mass is 281 g/mol. The van der Waals surface area contributed by atoms with Crippen LogP contribution in [0, 0.1) is 11.3 Å². The predicted octanol–water partition coefficient (Wildman–Crippen LogP) is 2.29. The molecule has 1 heterocycles. The molecule has 1 rings (SSSR count). The highest BCUT2D eigenvalue weighted by Gasteiger charge is 2.50. The maximum absolute atomic E-state index is 12.7. The van der Waals surface area contributed by atoms with E-state index >= 15 is 0 Å². The zero-order chi connectivity index (χ0) is 15.0. The number of carbonyl (C=O) groups excluding carboxylic acids is 1. The van der Waals surface area contributed by atoms with Crippen molar-refractivity contribution >= 4 is 11.9 Å². The van der Waals surface area contributed by atoms with Crippen LogP contribution in [-0.2, 0) is 9.59 Å². The lowest BCUT2D eigenvalue weighted by Crippen LogP contribution is -2.42. The van der Waals surface area contributed by atoms with Gasteiger partial charge in [0.05, 0.1) is 11.3 Å². The normalized spacial score (nSPS) is 24.6. The van der Waals surface area contributed by atoms with Crippen LogP contribution in [0.2, 0.25) is 0 Å². The van der Waals surface area contributed by atoms with Gasteiger partial charge >= 0.3 is 12.1 Å². The lowest BCUT2D eigenvalue weighted by molar-refractivity contribution is -0.215. The molecule has 1 N–H and O–H groups in total. The van der Waals surface area contributed by atoms with Crippen molar-refractivity contribution < 1.29 is 27.9 Å². The van der Waals surface area contributed by atoms with E-state index in [2.05, 4.69) is 0 Å². The largest absolute Gasteiger partial charge is 0.481 e. The van der Waals surface area contributed by atoms with E-state index in [0.717, 1.165) is 13.8 Å². The molecular formula is C12H18F3NO3. The van der Waals surface area contributed by atoms with Gasteiger partial charge in [0, 0.05) is 19.0 Å². The van der Waals surface area contributed by atoms with E-state index in [1.165, 1.54) is 4.90 Å². The van der Waals surface area contributed by atoms with Gasteiger partial charge in [-0.3, -0.25) is 9.59 Å². The van der Waals surface area contributed by atoms with Gasteiger partial charge in [-0.05, 0) is 13.3 Å². The Labute approximate surface area is 109 Å². The first-order valence-electron chi connectivity index (χ1n) is 6.06. The van der Waals surface area contributed by atoms with E-state index in [1.807, 2.05) is 0 Å². The minimum Gasteiger partial charge on any atom is -0.481 e. The molecule has 1 aliphatic heterocycles. The summed E-state index contributed by atoms with van der Waals surface area (Å²) in [5, 5.41) is 8.93. The molecule has 0 aromatic heterocycles. The lowest BCUT2D eigenvalue weighted by Gasteiger charge is -2.31. The fourth-order valence-corrected chi connectivity index (χ4v) is 2.20. The van der Waals surface area contributed by atoms with Crippen LogP contribution in [0.15, 0.2) is 0 Å². The topological polar surface area (TPSA) is 57.6 Å². The number of carbonyl (C=O) groups is 2. The van der Waals surface area contributed by atoms with E-state index in [-0.39, 0.29) is 13.0 Å². The summed E-state index contributed by atoms with van der Waals surface area (Å²) in [5.74, 6) is -2.35. The van der Waals surface area contributed by atoms with Crippen molar-refractivity contribution in [1.82, 2.24) is 4.90 Å². The number of amides is 1. The number of hydrogen-bond acceptors (Lipinski definition) is 2. The quantitative estimate of drug-likeness (QED) is 0.863. The SMILES string of the molecule is CC1C(C(=O)O)CCN1C(=O)CC(C)(C)C(F)(F)F. The summed E-state index contributed by atoms with van der Waals surface area (Å²) < 4.78 is 38.2. The molecule has 2 atom stereocenters. The molecule has 0 aromatic carbocycles. The van der Waals surface area contributed by atoms with Crippen molar-refractivity contribution in [2.45, 2.75) is 45.8 Å². The van der Waals surface area contributed by atoms with Gasteiger partial charge in [-0.2, -0.15) is 13.2 Å². The molecule has 2 unspecified atom stereocenters. The van der Waals surface area contributed by atoms with Crippen molar-refractivity contribution in [3.8, 4) is 0 Å². The molecule has 0 spiro atoms. The summed E-state index contributed by atoms with van der Waals surface area (Å²) in [4.78, 5) is 24.1. The molecule has 110 valence electrons. The van der Waals surface area contributed by atoms with E-state index in [1.54, 1.807) is 6.92 Å². The van der Waals surface area contributed by atoms with Gasteiger partial charge < -0.3 is 10.0 Å². The van der Waals surface area contributed by atoms with Crippen molar-refractivity contribution in [2.75, 3.05) is 6.54 Å². The number of alkyl halides is 3. The Kier molecular flexibility index (Phi) is 4.17. The summed E-state index contributed by atoms with van der Waals surface area (Å²) in [6.07, 6.45) is -4.83. The van der Waals surface area contributed by atoms with Gasteiger partial charge in [0.15, 0.2) is 0 Å². The lowest BCUT2D eigenvalue weighted by atomic mass is 9.88. The Morgan fingerprint density at radius 2 is 1.84 bits per heavy atom. The molecule has 1 amide bonds. The Bertz CT molecular complexity index is 379. The van der Waals surface area contributed by atoms with Crippen LogP contribution in [0.3, 0.4) is 0 Å². The van der Waals surface area contributed by atoms with Gasteiger partial charge in [0.2, 0.25) is 5.91 Å². The maximum atomic E-state index is 12.7. The maximum Gasteiger partial charge on any atom is 0.394 e. The van der Waals surface area contributed by atoms with E-state index in [9.17, 15) is 22.8 Å². The van der Waals surface area contributed by atoms with Crippen LogP contribution in [0.1, 0.15) is 33.6 Å². The molecule has 1 fully saturated rings. The first-order chi connectivity index (χ1) is 8.47. The fraction of sp³-hybridized carbons (Fsp3) is 0.833. The number of carboxylic acids is 1. The van der Waals surface area contributed by atoms with Crippen LogP contribution < -0.4 is 0 Å². The molecule has 4 nitrogen and oxygen atoms in total. The molecular weight excluding hydrogens is 263 g/mol. The highest BCUT2D eigenvalue weighted by Crippen LogP contribution is 2.41. The molecule has 7 heteroatoms. The van der Waals surface area contributed by atoms with Crippen LogP contribution in [0.25, 0.3) is 0 Å². The van der Waals surface area contributed by atoms with Gasteiger partial charge in [-0.25, -0.2) is 0 Å². The zero-order valence-corrected chi connectivity index (χ0v) is 11.1. The number of hydrogen-bond donors (Lipinski definition) is 1. The van der Waals surface area contributed by atoms with Gasteiger partial charge in [-0.15, -0.1) is 0 Å². The van der Waals surface area contributed by atoms with Gasteiger partial charge in [0.25, 0.3) is 0 Å². The smallest absolute Gasteiger partial charge is 0.394 e. The number of halogens is 3. The van der Waals surface area contributed by atoms with Gasteiger partial charge in [-0.1, -0.05) is 13.8 Å². The molecule has 0 aliphatic carbocycles. The van der Waals surface area contributed by atoms with Crippen LogP contribution in [0.4, 0.5) is 13.2 Å². The number of aliphatic carboxylic acids is 1. The van der Waals surface area contributed by atoms with Crippen molar-refractivity contribution in [3.63, 3.8) is 0 Å². The zero-order valence-electron chi connectivity index (χ0n) is 11.1. The average molecular weight is 281 g/mol. The fourth-order valence-electron chi connectivity index (χ4n) is 2.20. The molecule has 0 saturated carbocycles. The van der Waals surface area contributed by atoms with E-state index in [0.29, 0.717) is 0 Å². The molecule has 19 heavy (non-hydrogen) atoms. The Morgan fingerprint density at radius 1 is 1.32 bits per heavy atom. The summed E-state index contributed by atoms with van der Waals surface area (Å²) in [7, 11) is 0. The summed E-state index contributed by atoms with van der Waals surface area (Å²) >= 11 is 0. The Hall–Kier alpha value is -1.27. The highest BCUT2D eigenvalue weighted by atomic mass is 19.4. The van der Waals surface area contributed by atoms with Crippen LogP contribution in [0.5, 0.6) is 0 Å². The number of rotatable bonds is 3. The summed E-state index contributed by atoms with van der Waals surface area (Å²) in [6.45, 7) is 3.70. The minimum absolute atomic E-state index is 0.199. The first-order valence-corrected chi connectivity index (χ1v) is 6.06. The highest BCUT2D eigenvalue weighted by molar-refractivity contribution is 5.80. The van der Waals surface area contributed by atoms with Gasteiger partial charge in [0.1, 0.15) is 0 Å². The first kappa shape index (κ1) is 15.8. The van der Waals surface area contributed by atoms with E-state index in [4.69, 9.17) is 5.11 Å². The second kappa shape index (κ2) is 5.02. The third-order valence-electron chi connectivity index (χ3n) is 3.75. The van der Waals surface area contributed by atoms with Crippen molar-refractivity contribution in [2.24, 2.45) is 11.3 Å². The van der Waals surface area contributed by atoms with Crippen molar-refractivity contribution in [1.29, 1.82) is 0 Å². The third kappa shape index (κ3) is 3.19. The summed E-state index contributed by atoms with van der Waals surface area (Å²) in [6, 6.07) is -0.561. The average Bonchev–Trinajstić information content (AvgIpc) is 2.57. The molecule has 0 bridgehead atoms. The van der Waals surface area contributed by atoms with Crippen LogP contribution >= 0.6 is 0 Å². The molecule has 1 saturated heterocycles. The number of carboxylic acid groups (broad SMARTS) is 1. The second-order valence-corrected chi connectivity index (χ2v) is 5.62.